The van der Waals surface area contributed by atoms with E-state index in [1.165, 1.54) is 17.0 Å². The second kappa shape index (κ2) is 5.47. The molecule has 1 aromatic carbocycles. The van der Waals surface area contributed by atoms with Crippen molar-refractivity contribution in [3.05, 3.63) is 45.1 Å². The van der Waals surface area contributed by atoms with Crippen molar-refractivity contribution in [1.82, 2.24) is 4.98 Å². The summed E-state index contributed by atoms with van der Waals surface area (Å²) >= 11 is 7.43. The molecular weight excluding hydrogens is 259 g/mol. The van der Waals surface area contributed by atoms with E-state index in [9.17, 15) is 4.39 Å². The molecule has 0 saturated carbocycles. The van der Waals surface area contributed by atoms with Crippen molar-refractivity contribution >= 4 is 28.6 Å². The van der Waals surface area contributed by atoms with Crippen molar-refractivity contribution in [3.63, 3.8) is 0 Å². The topological polar surface area (TPSA) is 24.9 Å². The van der Waals surface area contributed by atoms with E-state index in [-0.39, 0.29) is 5.82 Å². The van der Waals surface area contributed by atoms with Crippen LogP contribution in [0.5, 0.6) is 0 Å². The zero-order valence-electron chi connectivity index (χ0n) is 9.34. The van der Waals surface area contributed by atoms with Crippen LogP contribution in [-0.4, -0.2) is 11.5 Å². The summed E-state index contributed by atoms with van der Waals surface area (Å²) in [5.41, 5.74) is 3.31. The van der Waals surface area contributed by atoms with Gasteiger partial charge in [-0.15, -0.1) is 11.3 Å². The fourth-order valence-electron chi connectivity index (χ4n) is 1.51. The summed E-state index contributed by atoms with van der Waals surface area (Å²) < 4.78 is 13.4. The van der Waals surface area contributed by atoms with Gasteiger partial charge in [-0.25, -0.2) is 9.37 Å². The minimum absolute atomic E-state index is 0.282. The lowest BCUT2D eigenvalue weighted by molar-refractivity contribution is 0.630. The molecule has 0 atom stereocenters. The first-order valence-electron chi connectivity index (χ1n) is 5.24. The van der Waals surface area contributed by atoms with Crippen LogP contribution in [0.4, 0.5) is 10.1 Å². The molecule has 5 heteroatoms. The summed E-state index contributed by atoms with van der Waals surface area (Å²) in [6.07, 6.45) is 0.836. The van der Waals surface area contributed by atoms with Gasteiger partial charge in [0.1, 0.15) is 5.82 Å². The molecule has 17 heavy (non-hydrogen) atoms. The minimum atomic E-state index is -0.282. The Hall–Kier alpha value is -1.13. The molecular formula is C12H12ClFN2S. The summed E-state index contributed by atoms with van der Waals surface area (Å²) in [6, 6.07) is 4.49. The average molecular weight is 271 g/mol. The zero-order chi connectivity index (χ0) is 12.3. The fraction of sp³-hybridized carbons (Fsp3) is 0.250. The van der Waals surface area contributed by atoms with Crippen LogP contribution in [0.25, 0.3) is 0 Å². The first kappa shape index (κ1) is 12.3. The molecule has 0 aliphatic heterocycles. The third kappa shape index (κ3) is 3.17. The van der Waals surface area contributed by atoms with Gasteiger partial charge in [0.2, 0.25) is 0 Å². The van der Waals surface area contributed by atoms with E-state index in [0.29, 0.717) is 17.3 Å². The van der Waals surface area contributed by atoms with Crippen LogP contribution in [0.3, 0.4) is 0 Å². The number of hydrogen-bond donors (Lipinski definition) is 1. The Bertz CT molecular complexity index is 513. The van der Waals surface area contributed by atoms with Gasteiger partial charge in [0.15, 0.2) is 0 Å². The molecule has 2 nitrogen and oxygen atoms in total. The number of thiazole rings is 1. The largest absolute Gasteiger partial charge is 0.382 e. The molecule has 0 fully saturated rings. The number of nitrogens with zero attached hydrogens (tertiary/aromatic N) is 1. The first-order valence-corrected chi connectivity index (χ1v) is 6.50. The van der Waals surface area contributed by atoms with Crippen LogP contribution in [0.2, 0.25) is 5.02 Å². The van der Waals surface area contributed by atoms with E-state index in [1.807, 2.05) is 12.4 Å². The third-order valence-corrected chi connectivity index (χ3v) is 3.67. The predicted octanol–water partition coefficient (Wildman–Crippen LogP) is 3.90. The summed E-state index contributed by atoms with van der Waals surface area (Å²) in [6.45, 7) is 2.64. The molecule has 0 bridgehead atoms. The smallest absolute Gasteiger partial charge is 0.146 e. The molecule has 0 unspecified atom stereocenters. The zero-order valence-corrected chi connectivity index (χ0v) is 10.9. The number of benzene rings is 1. The molecule has 1 aromatic heterocycles. The minimum Gasteiger partial charge on any atom is -0.382 e. The molecule has 0 radical (unpaired) electrons. The van der Waals surface area contributed by atoms with E-state index < -0.39 is 0 Å². The molecule has 0 saturated heterocycles. The highest BCUT2D eigenvalue weighted by molar-refractivity contribution is 7.09. The number of hydrogen-bond acceptors (Lipinski definition) is 3. The fourth-order valence-corrected chi connectivity index (χ4v) is 2.46. The molecule has 1 heterocycles. The van der Waals surface area contributed by atoms with Crippen molar-refractivity contribution in [2.24, 2.45) is 0 Å². The monoisotopic (exact) mass is 270 g/mol. The van der Waals surface area contributed by atoms with Gasteiger partial charge in [0.25, 0.3) is 0 Å². The van der Waals surface area contributed by atoms with Gasteiger partial charge in [0.05, 0.1) is 16.9 Å². The lowest BCUT2D eigenvalue weighted by Crippen LogP contribution is -2.06. The quantitative estimate of drug-likeness (QED) is 0.911. The Labute approximate surface area is 108 Å². The maximum Gasteiger partial charge on any atom is 0.146 e. The van der Waals surface area contributed by atoms with Crippen LogP contribution < -0.4 is 5.32 Å². The van der Waals surface area contributed by atoms with Gasteiger partial charge in [0, 0.05) is 22.9 Å². The number of anilines is 1. The van der Waals surface area contributed by atoms with Crippen molar-refractivity contribution in [3.8, 4) is 0 Å². The molecule has 90 valence electrons. The summed E-state index contributed by atoms with van der Waals surface area (Å²) in [5, 5.41) is 3.57. The van der Waals surface area contributed by atoms with Gasteiger partial charge in [-0.2, -0.15) is 0 Å². The summed E-state index contributed by atoms with van der Waals surface area (Å²) in [5.74, 6) is -0.282. The van der Waals surface area contributed by atoms with Gasteiger partial charge < -0.3 is 5.32 Å². The maximum absolute atomic E-state index is 13.4. The molecule has 0 aliphatic carbocycles. The SMILES string of the molecule is Cc1ncsc1CCNc1cc(Cl)ccc1F. The van der Waals surface area contributed by atoms with Gasteiger partial charge >= 0.3 is 0 Å². The standard InChI is InChI=1S/C12H12ClFN2S/c1-8-12(17-7-16-8)4-5-15-11-6-9(13)2-3-10(11)14/h2-3,6-7,15H,4-5H2,1H3. The van der Waals surface area contributed by atoms with Gasteiger partial charge in [-0.1, -0.05) is 11.6 Å². The van der Waals surface area contributed by atoms with Crippen molar-refractivity contribution < 1.29 is 4.39 Å². The molecule has 0 spiro atoms. The third-order valence-electron chi connectivity index (χ3n) is 2.44. The molecule has 2 rings (SSSR count). The van der Waals surface area contributed by atoms with Crippen LogP contribution in [0.15, 0.2) is 23.7 Å². The van der Waals surface area contributed by atoms with Gasteiger partial charge in [-0.3, -0.25) is 0 Å². The van der Waals surface area contributed by atoms with E-state index in [2.05, 4.69) is 10.3 Å². The lowest BCUT2D eigenvalue weighted by atomic mass is 10.2. The van der Waals surface area contributed by atoms with E-state index in [1.54, 1.807) is 17.4 Å². The van der Waals surface area contributed by atoms with Crippen LogP contribution in [-0.2, 0) is 6.42 Å². The van der Waals surface area contributed by atoms with Crippen molar-refractivity contribution in [2.45, 2.75) is 13.3 Å². The van der Waals surface area contributed by atoms with Crippen LogP contribution in [0.1, 0.15) is 10.6 Å². The Morgan fingerprint density at radius 1 is 1.47 bits per heavy atom. The first-order chi connectivity index (χ1) is 8.16. The summed E-state index contributed by atoms with van der Waals surface area (Å²) in [4.78, 5) is 5.39. The number of halogens is 2. The Morgan fingerprint density at radius 3 is 3.00 bits per heavy atom. The Morgan fingerprint density at radius 2 is 2.29 bits per heavy atom. The van der Waals surface area contributed by atoms with E-state index >= 15 is 0 Å². The molecule has 0 aliphatic rings. The second-order valence-electron chi connectivity index (χ2n) is 3.66. The number of aromatic nitrogens is 1. The molecule has 0 amide bonds. The van der Waals surface area contributed by atoms with Gasteiger partial charge in [-0.05, 0) is 25.1 Å². The predicted molar refractivity (Wildman–Crippen MR) is 70.5 cm³/mol. The maximum atomic E-state index is 13.4. The highest BCUT2D eigenvalue weighted by Crippen LogP contribution is 2.20. The number of rotatable bonds is 4. The van der Waals surface area contributed by atoms with E-state index in [4.69, 9.17) is 11.6 Å². The second-order valence-corrected chi connectivity index (χ2v) is 5.04. The van der Waals surface area contributed by atoms with Crippen molar-refractivity contribution in [2.75, 3.05) is 11.9 Å². The number of aryl methyl sites for hydroxylation is 1. The highest BCUT2D eigenvalue weighted by Gasteiger charge is 2.04. The Balaban J connectivity index is 1.94. The number of nitrogens with one attached hydrogen (secondary N) is 1. The Kier molecular flexibility index (Phi) is 3.97. The molecule has 1 N–H and O–H groups in total. The highest BCUT2D eigenvalue weighted by atomic mass is 35.5. The van der Waals surface area contributed by atoms with Crippen molar-refractivity contribution in [1.29, 1.82) is 0 Å². The normalized spacial score (nSPS) is 10.5. The van der Waals surface area contributed by atoms with Crippen LogP contribution >= 0.6 is 22.9 Å². The molecule has 2 aromatic rings. The van der Waals surface area contributed by atoms with Crippen LogP contribution in [0, 0.1) is 12.7 Å². The van der Waals surface area contributed by atoms with E-state index in [0.717, 1.165) is 12.1 Å². The lowest BCUT2D eigenvalue weighted by Gasteiger charge is -2.07. The average Bonchev–Trinajstić information content (AvgIpc) is 2.70. The summed E-state index contributed by atoms with van der Waals surface area (Å²) in [7, 11) is 0.